The van der Waals surface area contributed by atoms with E-state index in [9.17, 15) is 4.57 Å². The van der Waals surface area contributed by atoms with E-state index >= 15 is 0 Å². The summed E-state index contributed by atoms with van der Waals surface area (Å²) >= 11 is 0. The topological polar surface area (TPSA) is 34.9 Å². The predicted octanol–water partition coefficient (Wildman–Crippen LogP) is 3.36. The second-order valence-corrected chi connectivity index (χ2v) is 8.84. The van der Waals surface area contributed by atoms with Crippen molar-refractivity contribution in [2.75, 3.05) is 13.3 Å². The summed E-state index contributed by atoms with van der Waals surface area (Å²) in [4.78, 5) is 0. The zero-order valence-corrected chi connectivity index (χ0v) is 13.1. The van der Waals surface area contributed by atoms with Crippen molar-refractivity contribution in [1.29, 1.82) is 0 Å². The van der Waals surface area contributed by atoms with Crippen molar-refractivity contribution in [3.05, 3.63) is 47.3 Å². The number of benzene rings is 1. The number of rotatable bonds is 3. The van der Waals surface area contributed by atoms with Gasteiger partial charge in [0.1, 0.15) is 7.14 Å². The summed E-state index contributed by atoms with van der Waals surface area (Å²) in [5.74, 6) is 0. The number of aryl methyl sites for hydroxylation is 2. The highest BCUT2D eigenvalue weighted by Crippen LogP contribution is 2.34. The van der Waals surface area contributed by atoms with Crippen LogP contribution in [0, 0.1) is 13.8 Å². The Morgan fingerprint density at radius 1 is 1.16 bits per heavy atom. The molecule has 19 heavy (non-hydrogen) atoms. The molecule has 4 heteroatoms. The Kier molecular flexibility index (Phi) is 3.69. The average Bonchev–Trinajstić information content (AvgIpc) is 2.75. The van der Waals surface area contributed by atoms with E-state index in [4.69, 9.17) is 0 Å². The van der Waals surface area contributed by atoms with E-state index in [0.29, 0.717) is 0 Å². The predicted molar refractivity (Wildman–Crippen MR) is 81.0 cm³/mol. The van der Waals surface area contributed by atoms with Gasteiger partial charge >= 0.3 is 0 Å². The summed E-state index contributed by atoms with van der Waals surface area (Å²) in [6, 6.07) is 6.67. The van der Waals surface area contributed by atoms with Crippen LogP contribution in [0.4, 0.5) is 0 Å². The third-order valence-electron chi connectivity index (χ3n) is 3.33. The number of nitrogens with zero attached hydrogens (tertiary/aromatic N) is 2. The number of hydrogen-bond donors (Lipinski definition) is 0. The third kappa shape index (κ3) is 3.16. The van der Waals surface area contributed by atoms with Gasteiger partial charge in [-0.3, -0.25) is 4.68 Å². The first-order chi connectivity index (χ1) is 8.77. The monoisotopic (exact) mass is 276 g/mol. The molecule has 2 rings (SSSR count). The summed E-state index contributed by atoms with van der Waals surface area (Å²) in [7, 11) is -2.23. The van der Waals surface area contributed by atoms with Gasteiger partial charge in [0.2, 0.25) is 0 Å². The molecule has 0 N–H and O–H groups in total. The van der Waals surface area contributed by atoms with E-state index in [1.807, 2.05) is 10.9 Å². The Balaban J connectivity index is 2.36. The van der Waals surface area contributed by atoms with E-state index in [1.54, 1.807) is 19.5 Å². The fourth-order valence-electron chi connectivity index (χ4n) is 2.22. The van der Waals surface area contributed by atoms with Gasteiger partial charge < -0.3 is 4.57 Å². The maximum absolute atomic E-state index is 12.0. The molecule has 0 aliphatic carbocycles. The van der Waals surface area contributed by atoms with Gasteiger partial charge in [0.25, 0.3) is 0 Å². The van der Waals surface area contributed by atoms with Gasteiger partial charge in [-0.2, -0.15) is 5.10 Å². The molecule has 102 valence electrons. The van der Waals surface area contributed by atoms with Gasteiger partial charge in [0.05, 0.1) is 12.2 Å². The van der Waals surface area contributed by atoms with Gasteiger partial charge in [-0.25, -0.2) is 0 Å². The lowest BCUT2D eigenvalue weighted by molar-refractivity contribution is 0.564. The largest absolute Gasteiger partial charge is 0.319 e. The summed E-state index contributed by atoms with van der Waals surface area (Å²) in [5.41, 5.74) is 3.74. The second-order valence-electron chi connectivity index (χ2n) is 5.63. The maximum atomic E-state index is 12.0. The summed E-state index contributed by atoms with van der Waals surface area (Å²) in [5, 5.41) is 5.20. The zero-order valence-electron chi connectivity index (χ0n) is 12.2. The van der Waals surface area contributed by atoms with Crippen LogP contribution in [0.25, 0.3) is 0 Å². The van der Waals surface area contributed by atoms with Gasteiger partial charge in [0, 0.05) is 11.5 Å². The van der Waals surface area contributed by atoms with Crippen molar-refractivity contribution < 1.29 is 4.57 Å². The van der Waals surface area contributed by atoms with E-state index < -0.39 is 7.14 Å². The quantitative estimate of drug-likeness (QED) is 0.806. The SMILES string of the molecule is Cc1cc(C)cc(C(C)n2cc(P(C)(C)=O)cn2)c1. The van der Waals surface area contributed by atoms with Gasteiger partial charge in [-0.15, -0.1) is 0 Å². The minimum Gasteiger partial charge on any atom is -0.319 e. The Labute approximate surface area is 115 Å². The van der Waals surface area contributed by atoms with Crippen molar-refractivity contribution in [3.63, 3.8) is 0 Å². The van der Waals surface area contributed by atoms with Crippen molar-refractivity contribution in [2.45, 2.75) is 26.8 Å². The molecular formula is C15H21N2OP. The van der Waals surface area contributed by atoms with Crippen LogP contribution in [0.5, 0.6) is 0 Å². The van der Waals surface area contributed by atoms with Crippen molar-refractivity contribution in [2.24, 2.45) is 0 Å². The van der Waals surface area contributed by atoms with Gasteiger partial charge in [-0.1, -0.05) is 29.3 Å². The third-order valence-corrected chi connectivity index (χ3v) is 4.81. The molecule has 1 heterocycles. The van der Waals surface area contributed by atoms with Crippen LogP contribution < -0.4 is 5.30 Å². The molecule has 0 bridgehead atoms. The molecule has 0 aliphatic heterocycles. The van der Waals surface area contributed by atoms with Crippen molar-refractivity contribution in [1.82, 2.24) is 9.78 Å². The number of hydrogen-bond acceptors (Lipinski definition) is 2. The van der Waals surface area contributed by atoms with Crippen LogP contribution in [0.3, 0.4) is 0 Å². The van der Waals surface area contributed by atoms with Gasteiger partial charge in [-0.05, 0) is 39.7 Å². The minimum absolute atomic E-state index is 0.152. The Bertz CT molecular complexity index is 619. The molecule has 1 aromatic carbocycles. The molecule has 0 saturated heterocycles. The molecule has 0 fully saturated rings. The van der Waals surface area contributed by atoms with Crippen LogP contribution in [0.15, 0.2) is 30.6 Å². The van der Waals surface area contributed by atoms with Crippen molar-refractivity contribution in [3.8, 4) is 0 Å². The smallest absolute Gasteiger partial charge is 0.112 e. The van der Waals surface area contributed by atoms with Gasteiger partial charge in [0.15, 0.2) is 0 Å². The first-order valence-corrected chi connectivity index (χ1v) is 9.05. The van der Waals surface area contributed by atoms with Crippen LogP contribution in [0.1, 0.15) is 29.7 Å². The summed E-state index contributed by atoms with van der Waals surface area (Å²) < 4.78 is 13.9. The lowest BCUT2D eigenvalue weighted by Gasteiger charge is -2.14. The molecule has 0 spiro atoms. The highest BCUT2D eigenvalue weighted by Gasteiger charge is 2.16. The highest BCUT2D eigenvalue weighted by atomic mass is 31.2. The first kappa shape index (κ1) is 14.1. The molecule has 1 unspecified atom stereocenters. The fraction of sp³-hybridized carbons (Fsp3) is 0.400. The lowest BCUT2D eigenvalue weighted by Crippen LogP contribution is -2.08. The zero-order chi connectivity index (χ0) is 14.2. The summed E-state index contributed by atoms with van der Waals surface area (Å²) in [6.07, 6.45) is 3.63. The van der Waals surface area contributed by atoms with Crippen LogP contribution >= 0.6 is 7.14 Å². The number of aromatic nitrogens is 2. The molecule has 0 aliphatic rings. The average molecular weight is 276 g/mol. The fourth-order valence-corrected chi connectivity index (χ4v) is 2.95. The molecule has 1 aromatic heterocycles. The van der Waals surface area contributed by atoms with E-state index in [0.717, 1.165) is 5.30 Å². The maximum Gasteiger partial charge on any atom is 0.112 e. The van der Waals surface area contributed by atoms with Crippen LogP contribution in [-0.4, -0.2) is 23.1 Å². The molecule has 0 radical (unpaired) electrons. The van der Waals surface area contributed by atoms with E-state index in [1.165, 1.54) is 16.7 Å². The molecular weight excluding hydrogens is 255 g/mol. The summed E-state index contributed by atoms with van der Waals surface area (Å²) in [6.45, 7) is 9.86. The Morgan fingerprint density at radius 3 is 2.21 bits per heavy atom. The first-order valence-electron chi connectivity index (χ1n) is 6.45. The molecule has 1 atom stereocenters. The minimum atomic E-state index is -2.23. The van der Waals surface area contributed by atoms with Crippen LogP contribution in [0.2, 0.25) is 0 Å². The van der Waals surface area contributed by atoms with E-state index in [2.05, 4.69) is 44.1 Å². The second kappa shape index (κ2) is 4.97. The normalized spacial score (nSPS) is 13.5. The highest BCUT2D eigenvalue weighted by molar-refractivity contribution is 7.70. The molecule has 3 nitrogen and oxygen atoms in total. The van der Waals surface area contributed by atoms with E-state index in [-0.39, 0.29) is 6.04 Å². The standard InChI is InChI=1S/C15H21N2OP/c1-11-6-12(2)8-14(7-11)13(3)17-10-15(9-16-17)19(4,5)18/h6-10,13H,1-5H3. The lowest BCUT2D eigenvalue weighted by atomic mass is 10.0. The molecule has 0 saturated carbocycles. The van der Waals surface area contributed by atoms with Crippen LogP contribution in [-0.2, 0) is 4.57 Å². The Morgan fingerprint density at radius 2 is 1.74 bits per heavy atom. The van der Waals surface area contributed by atoms with Crippen molar-refractivity contribution >= 4 is 12.4 Å². The molecule has 0 amide bonds. The Hall–Kier alpha value is -1.34. The molecule has 2 aromatic rings.